The first-order chi connectivity index (χ1) is 9.05. The van der Waals surface area contributed by atoms with Gasteiger partial charge in [0, 0.05) is 5.57 Å². The second-order valence-corrected chi connectivity index (χ2v) is 5.13. The molecule has 3 heteroatoms. The van der Waals surface area contributed by atoms with Gasteiger partial charge in [-0.3, -0.25) is 0 Å². The summed E-state index contributed by atoms with van der Waals surface area (Å²) >= 11 is 0. The summed E-state index contributed by atoms with van der Waals surface area (Å²) in [7, 11) is 1.39. The van der Waals surface area contributed by atoms with Crippen LogP contribution in [0, 0.1) is 0 Å². The number of aryl methyl sites for hydroxylation is 1. The fraction of sp³-hybridized carbons (Fsp3) is 0.438. The molecule has 19 heavy (non-hydrogen) atoms. The number of hydrogen-bond donors (Lipinski definition) is 0. The summed E-state index contributed by atoms with van der Waals surface area (Å²) in [5, 5.41) is 0. The van der Waals surface area contributed by atoms with E-state index < -0.39 is 0 Å². The van der Waals surface area contributed by atoms with Crippen molar-refractivity contribution >= 4 is 5.97 Å². The third-order valence-electron chi connectivity index (χ3n) is 3.53. The molecule has 1 aliphatic rings. The van der Waals surface area contributed by atoms with Crippen molar-refractivity contribution < 1.29 is 14.3 Å². The average Bonchev–Trinajstić information content (AvgIpc) is 3.06. The largest absolute Gasteiger partial charge is 0.466 e. The molecule has 1 saturated heterocycles. The quantitative estimate of drug-likeness (QED) is 0.464. The van der Waals surface area contributed by atoms with Crippen LogP contribution in [0.4, 0.5) is 0 Å². The minimum atomic E-state index is -0.312. The molecule has 2 rings (SSSR count). The van der Waals surface area contributed by atoms with Gasteiger partial charge in [0.05, 0.1) is 13.2 Å². The number of methoxy groups -OCH3 is 1. The molecule has 1 aliphatic heterocycles. The van der Waals surface area contributed by atoms with Crippen molar-refractivity contribution in [2.75, 3.05) is 7.11 Å². The predicted molar refractivity (Wildman–Crippen MR) is 73.8 cm³/mol. The fourth-order valence-electron chi connectivity index (χ4n) is 2.34. The number of carbonyl (C=O) groups excluding carboxylic acids is 1. The Morgan fingerprint density at radius 1 is 1.42 bits per heavy atom. The van der Waals surface area contributed by atoms with E-state index in [1.165, 1.54) is 12.7 Å². The molecule has 1 aromatic rings. The van der Waals surface area contributed by atoms with E-state index in [1.54, 1.807) is 6.92 Å². The molecule has 0 amide bonds. The van der Waals surface area contributed by atoms with Gasteiger partial charge < -0.3 is 9.47 Å². The number of hydrogen-bond acceptors (Lipinski definition) is 3. The minimum absolute atomic E-state index is 0.187. The molecule has 3 nitrogen and oxygen atoms in total. The molecule has 0 saturated carbocycles. The molecule has 0 radical (unpaired) electrons. The predicted octanol–water partition coefficient (Wildman–Crippen LogP) is 2.90. The molecule has 0 unspecified atom stereocenters. The van der Waals surface area contributed by atoms with Gasteiger partial charge in [0.25, 0.3) is 0 Å². The molecule has 1 fully saturated rings. The van der Waals surface area contributed by atoms with Crippen LogP contribution in [0.3, 0.4) is 0 Å². The van der Waals surface area contributed by atoms with E-state index in [0.29, 0.717) is 5.57 Å². The zero-order valence-electron chi connectivity index (χ0n) is 11.7. The molecule has 0 bridgehead atoms. The number of ether oxygens (including phenoxy) is 2. The highest BCUT2D eigenvalue weighted by Gasteiger charge is 2.50. The number of esters is 1. The van der Waals surface area contributed by atoms with Crippen molar-refractivity contribution in [1.29, 1.82) is 0 Å². The maximum atomic E-state index is 11.4. The normalized spacial score (nSPS) is 26.1. The average molecular weight is 260 g/mol. The van der Waals surface area contributed by atoms with Gasteiger partial charge in [-0.05, 0) is 38.3 Å². The van der Waals surface area contributed by atoms with E-state index in [1.807, 2.05) is 31.2 Å². The van der Waals surface area contributed by atoms with E-state index in [2.05, 4.69) is 16.9 Å². The maximum absolute atomic E-state index is 11.4. The van der Waals surface area contributed by atoms with Gasteiger partial charge in [-0.25, -0.2) is 4.79 Å². The molecule has 0 N–H and O–H groups in total. The number of rotatable bonds is 5. The zero-order chi connectivity index (χ0) is 13.9. The number of carbonyl (C=O) groups is 1. The summed E-state index contributed by atoms with van der Waals surface area (Å²) in [6.45, 7) is 3.77. The van der Waals surface area contributed by atoms with Gasteiger partial charge in [-0.1, -0.05) is 30.3 Å². The third kappa shape index (κ3) is 3.44. The van der Waals surface area contributed by atoms with Crippen molar-refractivity contribution in [3.8, 4) is 0 Å². The lowest BCUT2D eigenvalue weighted by atomic mass is 9.99. The Bertz CT molecular complexity index is 478. The van der Waals surface area contributed by atoms with Crippen molar-refractivity contribution in [2.45, 2.75) is 38.4 Å². The Kier molecular flexibility index (Phi) is 4.05. The summed E-state index contributed by atoms with van der Waals surface area (Å²) in [5.41, 5.74) is 1.61. The van der Waals surface area contributed by atoms with Crippen molar-refractivity contribution in [3.63, 3.8) is 0 Å². The lowest BCUT2D eigenvalue weighted by Crippen LogP contribution is -2.11. The van der Waals surface area contributed by atoms with Crippen molar-refractivity contribution in [1.82, 2.24) is 0 Å². The fourth-order valence-corrected chi connectivity index (χ4v) is 2.34. The second kappa shape index (κ2) is 5.57. The standard InChI is InChI=1S/C16H20O3/c1-12(15(17)18-3)11-16(2)14(19-16)10-9-13-7-5-4-6-8-13/h4-8,11,14H,9-10H2,1-3H3/b12-11+/t14-,16-/m1/s1. The van der Waals surface area contributed by atoms with Gasteiger partial charge in [0.15, 0.2) is 0 Å². The Morgan fingerprint density at radius 3 is 2.74 bits per heavy atom. The monoisotopic (exact) mass is 260 g/mol. The van der Waals surface area contributed by atoms with Crippen LogP contribution in [-0.4, -0.2) is 24.8 Å². The molecule has 0 aromatic heterocycles. The summed E-state index contributed by atoms with van der Waals surface area (Å²) in [6.07, 6.45) is 4.01. The molecule has 0 aliphatic carbocycles. The molecule has 1 aromatic carbocycles. The highest BCUT2D eigenvalue weighted by Crippen LogP contribution is 2.41. The van der Waals surface area contributed by atoms with Crippen LogP contribution in [-0.2, 0) is 20.7 Å². The van der Waals surface area contributed by atoms with E-state index >= 15 is 0 Å². The second-order valence-electron chi connectivity index (χ2n) is 5.13. The minimum Gasteiger partial charge on any atom is -0.466 e. The lowest BCUT2D eigenvalue weighted by molar-refractivity contribution is -0.136. The van der Waals surface area contributed by atoms with Crippen LogP contribution in [0.1, 0.15) is 25.8 Å². The summed E-state index contributed by atoms with van der Waals surface area (Å²) in [6, 6.07) is 10.3. The van der Waals surface area contributed by atoms with E-state index in [9.17, 15) is 4.79 Å². The Balaban J connectivity index is 1.88. The van der Waals surface area contributed by atoms with Crippen LogP contribution >= 0.6 is 0 Å². The molecule has 0 spiro atoms. The third-order valence-corrected chi connectivity index (χ3v) is 3.53. The molecular formula is C16H20O3. The van der Waals surface area contributed by atoms with E-state index in [-0.39, 0.29) is 17.7 Å². The van der Waals surface area contributed by atoms with E-state index in [0.717, 1.165) is 12.8 Å². The van der Waals surface area contributed by atoms with Crippen LogP contribution in [0.15, 0.2) is 42.0 Å². The number of benzene rings is 1. The summed E-state index contributed by atoms with van der Waals surface area (Å²) in [5.74, 6) is -0.293. The molecular weight excluding hydrogens is 240 g/mol. The first-order valence-corrected chi connectivity index (χ1v) is 6.54. The van der Waals surface area contributed by atoms with Gasteiger partial charge in [-0.15, -0.1) is 0 Å². The molecule has 1 heterocycles. The van der Waals surface area contributed by atoms with Gasteiger partial charge in [0.1, 0.15) is 5.60 Å². The Hall–Kier alpha value is -1.61. The van der Waals surface area contributed by atoms with Crippen molar-refractivity contribution in [2.24, 2.45) is 0 Å². The Morgan fingerprint density at radius 2 is 2.11 bits per heavy atom. The molecule has 2 atom stereocenters. The first kappa shape index (κ1) is 13.8. The zero-order valence-corrected chi connectivity index (χ0v) is 11.7. The first-order valence-electron chi connectivity index (χ1n) is 6.54. The van der Waals surface area contributed by atoms with Crippen LogP contribution in [0.5, 0.6) is 0 Å². The van der Waals surface area contributed by atoms with Crippen molar-refractivity contribution in [3.05, 3.63) is 47.5 Å². The van der Waals surface area contributed by atoms with Gasteiger partial charge in [0.2, 0.25) is 0 Å². The van der Waals surface area contributed by atoms with Gasteiger partial charge in [-0.2, -0.15) is 0 Å². The Labute approximate surface area is 114 Å². The SMILES string of the molecule is COC(=O)/C(C)=C/[C@@]1(C)O[C@@H]1CCc1ccccc1. The van der Waals surface area contributed by atoms with Crippen LogP contribution in [0.2, 0.25) is 0 Å². The lowest BCUT2D eigenvalue weighted by Gasteiger charge is -2.03. The van der Waals surface area contributed by atoms with E-state index in [4.69, 9.17) is 4.74 Å². The van der Waals surface area contributed by atoms with Gasteiger partial charge >= 0.3 is 5.97 Å². The summed E-state index contributed by atoms with van der Waals surface area (Å²) in [4.78, 5) is 11.4. The topological polar surface area (TPSA) is 38.8 Å². The highest BCUT2D eigenvalue weighted by atomic mass is 16.6. The molecule has 102 valence electrons. The smallest absolute Gasteiger partial charge is 0.333 e. The van der Waals surface area contributed by atoms with Crippen LogP contribution in [0.25, 0.3) is 0 Å². The number of epoxide rings is 1. The maximum Gasteiger partial charge on any atom is 0.333 e. The summed E-state index contributed by atoms with van der Waals surface area (Å²) < 4.78 is 10.4. The highest BCUT2D eigenvalue weighted by molar-refractivity contribution is 5.87. The van der Waals surface area contributed by atoms with Crippen LogP contribution < -0.4 is 0 Å².